The van der Waals surface area contributed by atoms with Crippen molar-refractivity contribution in [2.75, 3.05) is 5.32 Å². The third-order valence-corrected chi connectivity index (χ3v) is 3.00. The summed E-state index contributed by atoms with van der Waals surface area (Å²) in [4.78, 5) is 12.7. The van der Waals surface area contributed by atoms with Crippen LogP contribution in [-0.4, -0.2) is 15.0 Å². The summed E-state index contributed by atoms with van der Waals surface area (Å²) >= 11 is 6.00. The molecule has 0 bridgehead atoms. The minimum atomic E-state index is 0.479. The fourth-order valence-corrected chi connectivity index (χ4v) is 1.98. The Balaban J connectivity index is 2.09. The standard InChI is InChI=1S/C14H17ClN4/c1-3-4-13-18-12(15)7-14(19-13)17-9-11-5-6-16-8-10(11)2/h5-8H,3-4,9H2,1-2H3,(H,17,18,19). The van der Waals surface area contributed by atoms with E-state index in [0.717, 1.165) is 30.0 Å². The van der Waals surface area contributed by atoms with Gasteiger partial charge < -0.3 is 5.32 Å². The van der Waals surface area contributed by atoms with E-state index < -0.39 is 0 Å². The van der Waals surface area contributed by atoms with Gasteiger partial charge in [0.1, 0.15) is 16.8 Å². The van der Waals surface area contributed by atoms with Crippen LogP contribution in [0.15, 0.2) is 24.5 Å². The molecule has 2 heterocycles. The predicted molar refractivity (Wildman–Crippen MR) is 77.3 cm³/mol. The average molecular weight is 277 g/mol. The van der Waals surface area contributed by atoms with Gasteiger partial charge in [-0.05, 0) is 30.5 Å². The van der Waals surface area contributed by atoms with Crippen molar-refractivity contribution >= 4 is 17.4 Å². The third-order valence-electron chi connectivity index (χ3n) is 2.81. The van der Waals surface area contributed by atoms with Gasteiger partial charge in [0.2, 0.25) is 0 Å². The molecule has 0 spiro atoms. The van der Waals surface area contributed by atoms with E-state index in [4.69, 9.17) is 11.6 Å². The van der Waals surface area contributed by atoms with Crippen LogP contribution in [0.3, 0.4) is 0 Å². The third kappa shape index (κ3) is 3.89. The molecule has 5 heteroatoms. The fraction of sp³-hybridized carbons (Fsp3) is 0.357. The minimum absolute atomic E-state index is 0.479. The number of nitrogens with one attached hydrogen (secondary N) is 1. The Morgan fingerprint density at radius 2 is 2.16 bits per heavy atom. The molecule has 0 amide bonds. The summed E-state index contributed by atoms with van der Waals surface area (Å²) in [5, 5.41) is 3.76. The van der Waals surface area contributed by atoms with Crippen LogP contribution in [0.25, 0.3) is 0 Å². The van der Waals surface area contributed by atoms with Gasteiger partial charge in [0.25, 0.3) is 0 Å². The van der Waals surface area contributed by atoms with E-state index in [2.05, 4.69) is 27.2 Å². The summed E-state index contributed by atoms with van der Waals surface area (Å²) in [6, 6.07) is 3.75. The molecule has 2 aromatic heterocycles. The first kappa shape index (κ1) is 13.7. The van der Waals surface area contributed by atoms with Gasteiger partial charge in [0, 0.05) is 31.4 Å². The van der Waals surface area contributed by atoms with Gasteiger partial charge in [-0.25, -0.2) is 9.97 Å². The molecule has 0 saturated heterocycles. The second-order valence-electron chi connectivity index (χ2n) is 4.40. The highest BCUT2D eigenvalue weighted by atomic mass is 35.5. The smallest absolute Gasteiger partial charge is 0.134 e. The van der Waals surface area contributed by atoms with Crippen LogP contribution in [-0.2, 0) is 13.0 Å². The molecule has 4 nitrogen and oxygen atoms in total. The molecule has 0 aromatic carbocycles. The van der Waals surface area contributed by atoms with Crippen molar-refractivity contribution in [2.24, 2.45) is 0 Å². The Morgan fingerprint density at radius 1 is 1.32 bits per heavy atom. The number of aryl methyl sites for hydroxylation is 2. The topological polar surface area (TPSA) is 50.7 Å². The van der Waals surface area contributed by atoms with Crippen molar-refractivity contribution in [3.63, 3.8) is 0 Å². The van der Waals surface area contributed by atoms with Gasteiger partial charge in [0.15, 0.2) is 0 Å². The first-order valence-corrected chi connectivity index (χ1v) is 6.73. The fourth-order valence-electron chi connectivity index (χ4n) is 1.78. The molecule has 0 aliphatic rings. The lowest BCUT2D eigenvalue weighted by molar-refractivity contribution is 0.833. The maximum absolute atomic E-state index is 6.00. The van der Waals surface area contributed by atoms with E-state index >= 15 is 0 Å². The van der Waals surface area contributed by atoms with Gasteiger partial charge in [-0.15, -0.1) is 0 Å². The maximum Gasteiger partial charge on any atom is 0.134 e. The lowest BCUT2D eigenvalue weighted by Gasteiger charge is -2.09. The van der Waals surface area contributed by atoms with Crippen molar-refractivity contribution < 1.29 is 0 Å². The highest BCUT2D eigenvalue weighted by Gasteiger charge is 2.03. The van der Waals surface area contributed by atoms with Gasteiger partial charge in [-0.1, -0.05) is 18.5 Å². The first-order valence-electron chi connectivity index (χ1n) is 6.36. The zero-order chi connectivity index (χ0) is 13.7. The Morgan fingerprint density at radius 3 is 2.89 bits per heavy atom. The molecule has 100 valence electrons. The molecule has 2 rings (SSSR count). The monoisotopic (exact) mass is 276 g/mol. The van der Waals surface area contributed by atoms with Gasteiger partial charge in [0.05, 0.1) is 0 Å². The molecule has 0 saturated carbocycles. The molecule has 2 aromatic rings. The number of hydrogen-bond donors (Lipinski definition) is 1. The van der Waals surface area contributed by atoms with Crippen molar-refractivity contribution in [1.29, 1.82) is 0 Å². The number of hydrogen-bond acceptors (Lipinski definition) is 4. The number of rotatable bonds is 5. The first-order chi connectivity index (χ1) is 9.19. The number of halogens is 1. The SMILES string of the molecule is CCCc1nc(Cl)cc(NCc2ccncc2C)n1. The van der Waals surface area contributed by atoms with Crippen LogP contribution in [0.1, 0.15) is 30.3 Å². The lowest BCUT2D eigenvalue weighted by Crippen LogP contribution is -2.05. The summed E-state index contributed by atoms with van der Waals surface area (Å²) in [5.74, 6) is 1.55. The second-order valence-corrected chi connectivity index (χ2v) is 4.79. The highest BCUT2D eigenvalue weighted by molar-refractivity contribution is 6.29. The van der Waals surface area contributed by atoms with Gasteiger partial charge in [-0.2, -0.15) is 0 Å². The summed E-state index contributed by atoms with van der Waals surface area (Å²) in [6.07, 6.45) is 5.48. The van der Waals surface area contributed by atoms with E-state index in [9.17, 15) is 0 Å². The molecule has 0 atom stereocenters. The summed E-state index contributed by atoms with van der Waals surface area (Å²) < 4.78 is 0. The van der Waals surface area contributed by atoms with Gasteiger partial charge in [-0.3, -0.25) is 4.98 Å². The Labute approximate surface area is 118 Å². The van der Waals surface area contributed by atoms with Crippen molar-refractivity contribution in [3.05, 3.63) is 46.6 Å². The molecule has 0 aliphatic heterocycles. The second kappa shape index (κ2) is 6.48. The zero-order valence-corrected chi connectivity index (χ0v) is 11.9. The average Bonchev–Trinajstić information content (AvgIpc) is 2.37. The van der Waals surface area contributed by atoms with E-state index in [0.29, 0.717) is 11.7 Å². The van der Waals surface area contributed by atoms with E-state index in [1.54, 1.807) is 12.3 Å². The van der Waals surface area contributed by atoms with Crippen LogP contribution in [0.4, 0.5) is 5.82 Å². The number of nitrogens with zero attached hydrogens (tertiary/aromatic N) is 3. The predicted octanol–water partition coefficient (Wildman–Crippen LogP) is 3.40. The summed E-state index contributed by atoms with van der Waals surface area (Å²) in [7, 11) is 0. The number of aromatic nitrogens is 3. The van der Waals surface area contributed by atoms with Crippen LogP contribution in [0, 0.1) is 6.92 Å². The summed E-state index contributed by atoms with van der Waals surface area (Å²) in [5.41, 5.74) is 2.35. The molecule has 19 heavy (non-hydrogen) atoms. The Hall–Kier alpha value is -1.68. The minimum Gasteiger partial charge on any atom is -0.366 e. The molecular weight excluding hydrogens is 260 g/mol. The maximum atomic E-state index is 6.00. The Bertz CT molecular complexity index is 557. The molecule has 0 radical (unpaired) electrons. The van der Waals surface area contributed by atoms with Crippen molar-refractivity contribution in [2.45, 2.75) is 33.2 Å². The number of pyridine rings is 1. The molecular formula is C14H17ClN4. The molecule has 1 N–H and O–H groups in total. The van der Waals surface area contributed by atoms with Crippen LogP contribution in [0.5, 0.6) is 0 Å². The number of anilines is 1. The van der Waals surface area contributed by atoms with Crippen LogP contribution < -0.4 is 5.32 Å². The molecule has 0 unspecified atom stereocenters. The van der Waals surface area contributed by atoms with Crippen molar-refractivity contribution in [3.8, 4) is 0 Å². The quantitative estimate of drug-likeness (QED) is 0.851. The van der Waals surface area contributed by atoms with Crippen LogP contribution in [0.2, 0.25) is 5.15 Å². The molecule has 0 fully saturated rings. The largest absolute Gasteiger partial charge is 0.366 e. The lowest BCUT2D eigenvalue weighted by atomic mass is 10.1. The van der Waals surface area contributed by atoms with E-state index in [-0.39, 0.29) is 0 Å². The van der Waals surface area contributed by atoms with Gasteiger partial charge >= 0.3 is 0 Å². The normalized spacial score (nSPS) is 10.5. The Kier molecular flexibility index (Phi) is 4.68. The summed E-state index contributed by atoms with van der Waals surface area (Å²) in [6.45, 7) is 4.84. The zero-order valence-electron chi connectivity index (χ0n) is 11.2. The highest BCUT2D eigenvalue weighted by Crippen LogP contribution is 2.14. The van der Waals surface area contributed by atoms with Crippen molar-refractivity contribution in [1.82, 2.24) is 15.0 Å². The van der Waals surface area contributed by atoms with E-state index in [1.165, 1.54) is 5.56 Å². The van der Waals surface area contributed by atoms with E-state index in [1.807, 2.05) is 19.2 Å². The van der Waals surface area contributed by atoms with Crippen LogP contribution >= 0.6 is 11.6 Å². The molecule has 0 aliphatic carbocycles.